The summed E-state index contributed by atoms with van der Waals surface area (Å²) in [6, 6.07) is -0.234. The second kappa shape index (κ2) is 3.77. The Morgan fingerprint density at radius 3 is 3.17 bits per heavy atom. The van der Waals surface area contributed by atoms with Crippen LogP contribution in [-0.4, -0.2) is 4.98 Å². The number of aromatic nitrogens is 1. The molecular weight excluding hydrogens is 172 g/mol. The lowest BCUT2D eigenvalue weighted by atomic mass is 10.4. The van der Waals surface area contributed by atoms with Crippen molar-refractivity contribution in [1.82, 2.24) is 4.98 Å². The van der Waals surface area contributed by atoms with Crippen LogP contribution in [0, 0.1) is 12.3 Å². The minimum atomic E-state index is -0.234. The van der Waals surface area contributed by atoms with Crippen molar-refractivity contribution in [2.24, 2.45) is 5.11 Å². The maximum Gasteiger partial charge on any atom is 0.124 e. The first-order chi connectivity index (χ1) is 5.77. The molecule has 0 amide bonds. The third-order valence-electron chi connectivity index (χ3n) is 1.25. The van der Waals surface area contributed by atoms with Crippen molar-refractivity contribution < 1.29 is 0 Å². The lowest BCUT2D eigenvalue weighted by Crippen LogP contribution is -1.86. The maximum atomic E-state index is 8.16. The minimum Gasteiger partial charge on any atom is -0.232 e. The van der Waals surface area contributed by atoms with E-state index in [1.165, 1.54) is 11.3 Å². The summed E-state index contributed by atoms with van der Waals surface area (Å²) in [5, 5.41) is 6.02. The zero-order valence-corrected chi connectivity index (χ0v) is 7.25. The van der Waals surface area contributed by atoms with E-state index in [1.54, 1.807) is 12.3 Å². The summed E-state index contributed by atoms with van der Waals surface area (Å²) in [5.41, 5.74) is 8.75. The molecule has 0 aromatic carbocycles. The maximum absolute atomic E-state index is 8.16. The van der Waals surface area contributed by atoms with Crippen molar-refractivity contribution in [2.45, 2.75) is 13.0 Å². The van der Waals surface area contributed by atoms with Gasteiger partial charge in [-0.25, -0.2) is 4.98 Å². The van der Waals surface area contributed by atoms with Crippen molar-refractivity contribution in [3.8, 4) is 12.3 Å². The van der Waals surface area contributed by atoms with E-state index in [1.807, 2.05) is 0 Å². The first-order valence-electron chi connectivity index (χ1n) is 3.24. The van der Waals surface area contributed by atoms with E-state index in [9.17, 15) is 0 Å². The Morgan fingerprint density at radius 2 is 2.67 bits per heavy atom. The average molecular weight is 178 g/mol. The van der Waals surface area contributed by atoms with E-state index in [4.69, 9.17) is 12.0 Å². The number of hydrogen-bond acceptors (Lipinski definition) is 3. The first kappa shape index (κ1) is 8.60. The molecule has 1 aromatic rings. The van der Waals surface area contributed by atoms with Crippen molar-refractivity contribution in [2.75, 3.05) is 0 Å². The molecule has 5 heteroatoms. The highest BCUT2D eigenvalue weighted by Gasteiger charge is 2.06. The van der Waals surface area contributed by atoms with E-state index in [-0.39, 0.29) is 6.04 Å². The summed E-state index contributed by atoms with van der Waals surface area (Å²) in [7, 11) is 0. The van der Waals surface area contributed by atoms with E-state index >= 15 is 0 Å². The molecule has 1 atom stereocenters. The van der Waals surface area contributed by atoms with Crippen molar-refractivity contribution in [1.29, 1.82) is 0 Å². The molecule has 12 heavy (non-hydrogen) atoms. The van der Waals surface area contributed by atoms with Crippen LogP contribution in [0.2, 0.25) is 0 Å². The van der Waals surface area contributed by atoms with E-state index in [2.05, 4.69) is 20.9 Å². The zero-order valence-electron chi connectivity index (χ0n) is 6.43. The second-order valence-electron chi connectivity index (χ2n) is 2.10. The quantitative estimate of drug-likeness (QED) is 0.297. The van der Waals surface area contributed by atoms with Crippen LogP contribution in [0.1, 0.15) is 23.7 Å². The molecule has 4 nitrogen and oxygen atoms in total. The molecule has 0 aliphatic heterocycles. The lowest BCUT2D eigenvalue weighted by molar-refractivity contribution is 0.796. The molecule has 0 aliphatic carbocycles. The lowest BCUT2D eigenvalue weighted by Gasteiger charge is -1.95. The monoisotopic (exact) mass is 178 g/mol. The fourth-order valence-electron chi connectivity index (χ4n) is 0.673. The van der Waals surface area contributed by atoms with Gasteiger partial charge in [0.05, 0.1) is 6.04 Å². The van der Waals surface area contributed by atoms with Crippen LogP contribution in [0.5, 0.6) is 0 Å². The topological polar surface area (TPSA) is 61.7 Å². The highest BCUT2D eigenvalue weighted by molar-refractivity contribution is 7.09. The van der Waals surface area contributed by atoms with Gasteiger partial charge in [-0.05, 0) is 11.5 Å². The van der Waals surface area contributed by atoms with Crippen LogP contribution in [0.4, 0.5) is 0 Å². The van der Waals surface area contributed by atoms with Gasteiger partial charge in [-0.2, -0.15) is 0 Å². The van der Waals surface area contributed by atoms with Gasteiger partial charge in [-0.15, -0.1) is 17.8 Å². The molecule has 0 N–H and O–H groups in total. The molecule has 0 saturated carbocycles. The Kier molecular flexibility index (Phi) is 2.70. The van der Waals surface area contributed by atoms with Gasteiger partial charge < -0.3 is 0 Å². The predicted octanol–water partition coefficient (Wildman–Crippen LogP) is 2.50. The second-order valence-corrected chi connectivity index (χ2v) is 2.99. The van der Waals surface area contributed by atoms with Gasteiger partial charge in [0.25, 0.3) is 0 Å². The summed E-state index contributed by atoms with van der Waals surface area (Å²) in [4.78, 5) is 6.75. The number of nitrogens with zero attached hydrogens (tertiary/aromatic N) is 4. The molecule has 1 aromatic heterocycles. The van der Waals surface area contributed by atoms with Crippen molar-refractivity contribution >= 4 is 11.3 Å². The predicted molar refractivity (Wildman–Crippen MR) is 47.6 cm³/mol. The van der Waals surface area contributed by atoms with Gasteiger partial charge >= 0.3 is 0 Å². The summed E-state index contributed by atoms with van der Waals surface area (Å²) >= 11 is 1.40. The smallest absolute Gasteiger partial charge is 0.124 e. The number of terminal acetylenes is 1. The van der Waals surface area contributed by atoms with Crippen molar-refractivity contribution in [3.63, 3.8) is 0 Å². The van der Waals surface area contributed by atoms with E-state index in [0.717, 1.165) is 5.01 Å². The Hall–Kier alpha value is -1.50. The minimum absolute atomic E-state index is 0.234. The van der Waals surface area contributed by atoms with E-state index in [0.29, 0.717) is 5.69 Å². The fourth-order valence-corrected chi connectivity index (χ4v) is 1.42. The van der Waals surface area contributed by atoms with Gasteiger partial charge in [-0.1, -0.05) is 12.0 Å². The fraction of sp³-hybridized carbons (Fsp3) is 0.286. The highest BCUT2D eigenvalue weighted by atomic mass is 32.1. The first-order valence-corrected chi connectivity index (χ1v) is 4.12. The number of hydrogen-bond donors (Lipinski definition) is 0. The molecule has 1 heterocycles. The zero-order chi connectivity index (χ0) is 8.97. The van der Waals surface area contributed by atoms with Crippen LogP contribution in [0.3, 0.4) is 0 Å². The molecule has 0 bridgehead atoms. The van der Waals surface area contributed by atoms with Crippen LogP contribution < -0.4 is 0 Å². The summed E-state index contributed by atoms with van der Waals surface area (Å²) in [6.45, 7) is 1.78. The number of azide groups is 1. The van der Waals surface area contributed by atoms with Gasteiger partial charge in [-0.3, -0.25) is 0 Å². The normalized spacial score (nSPS) is 11.3. The third-order valence-corrected chi connectivity index (χ3v) is 2.27. The average Bonchev–Trinajstić information content (AvgIpc) is 2.52. The Balaban J connectivity index is 2.90. The van der Waals surface area contributed by atoms with Gasteiger partial charge in [0.1, 0.15) is 10.7 Å². The Morgan fingerprint density at radius 1 is 1.92 bits per heavy atom. The molecule has 60 valence electrons. The van der Waals surface area contributed by atoms with Crippen LogP contribution in [0.25, 0.3) is 10.4 Å². The molecule has 0 radical (unpaired) electrons. The summed E-state index contributed by atoms with van der Waals surface area (Å²) in [5.74, 6) is 2.41. The van der Waals surface area contributed by atoms with Crippen LogP contribution >= 0.6 is 11.3 Å². The molecule has 1 rings (SSSR count). The SMILES string of the molecule is C#Cc1csc(C(C)N=[N+]=[N-])n1. The van der Waals surface area contributed by atoms with E-state index < -0.39 is 0 Å². The third kappa shape index (κ3) is 1.76. The molecule has 0 saturated heterocycles. The summed E-state index contributed by atoms with van der Waals surface area (Å²) in [6.07, 6.45) is 5.13. The highest BCUT2D eigenvalue weighted by Crippen LogP contribution is 2.20. The standard InChI is InChI=1S/C7H6N4S/c1-3-6-4-12-7(9-6)5(2)10-11-8/h1,4-5H,2H3. The molecule has 0 fully saturated rings. The van der Waals surface area contributed by atoms with Gasteiger partial charge in [0, 0.05) is 10.3 Å². The van der Waals surface area contributed by atoms with Crippen LogP contribution in [0.15, 0.2) is 10.5 Å². The molecule has 1 unspecified atom stereocenters. The Labute approximate surface area is 73.9 Å². The number of rotatable bonds is 2. The molecular formula is C7H6N4S. The molecule has 0 aliphatic rings. The van der Waals surface area contributed by atoms with Crippen LogP contribution in [-0.2, 0) is 0 Å². The summed E-state index contributed by atoms with van der Waals surface area (Å²) < 4.78 is 0. The number of thiazole rings is 1. The van der Waals surface area contributed by atoms with Gasteiger partial charge in [0.15, 0.2) is 0 Å². The largest absolute Gasteiger partial charge is 0.232 e. The van der Waals surface area contributed by atoms with Crippen molar-refractivity contribution in [3.05, 3.63) is 26.5 Å². The Bertz CT molecular complexity index is 356. The molecule has 0 spiro atoms. The van der Waals surface area contributed by atoms with Gasteiger partial charge in [0.2, 0.25) is 0 Å².